The molecule has 0 aliphatic heterocycles. The number of para-hydroxylation sites is 1. The Labute approximate surface area is 128 Å². The van der Waals surface area contributed by atoms with Crippen molar-refractivity contribution in [3.05, 3.63) is 66.0 Å². The SMILES string of the molecule is CC(=O)N(CCNC(=O)c1cccc(F)c1)c1ccccc1. The number of halogens is 1. The molecule has 2 aromatic rings. The monoisotopic (exact) mass is 300 g/mol. The van der Waals surface area contributed by atoms with Gasteiger partial charge in [-0.2, -0.15) is 0 Å². The van der Waals surface area contributed by atoms with E-state index in [-0.39, 0.29) is 23.9 Å². The van der Waals surface area contributed by atoms with Gasteiger partial charge in [-0.25, -0.2) is 4.39 Å². The quantitative estimate of drug-likeness (QED) is 0.922. The normalized spacial score (nSPS) is 10.1. The Kier molecular flexibility index (Phi) is 5.25. The van der Waals surface area contributed by atoms with Gasteiger partial charge in [0.25, 0.3) is 5.91 Å². The first-order chi connectivity index (χ1) is 10.6. The third kappa shape index (κ3) is 4.15. The van der Waals surface area contributed by atoms with Crippen molar-refractivity contribution >= 4 is 17.5 Å². The van der Waals surface area contributed by atoms with Crippen LogP contribution in [-0.2, 0) is 4.79 Å². The van der Waals surface area contributed by atoms with E-state index in [1.807, 2.05) is 30.3 Å². The van der Waals surface area contributed by atoms with E-state index in [0.29, 0.717) is 6.54 Å². The number of amides is 2. The Hall–Kier alpha value is -2.69. The molecule has 0 heterocycles. The molecule has 0 fully saturated rings. The number of nitrogens with zero attached hydrogens (tertiary/aromatic N) is 1. The molecule has 0 saturated heterocycles. The van der Waals surface area contributed by atoms with Gasteiger partial charge in [-0.15, -0.1) is 0 Å². The Morgan fingerprint density at radius 1 is 1.09 bits per heavy atom. The number of nitrogens with one attached hydrogen (secondary N) is 1. The summed E-state index contributed by atoms with van der Waals surface area (Å²) in [5.41, 5.74) is 1.03. The highest BCUT2D eigenvalue weighted by atomic mass is 19.1. The Bertz CT molecular complexity index is 659. The van der Waals surface area contributed by atoms with Gasteiger partial charge in [-0.3, -0.25) is 9.59 Å². The summed E-state index contributed by atoms with van der Waals surface area (Å²) in [7, 11) is 0. The number of hydrogen-bond acceptors (Lipinski definition) is 2. The first kappa shape index (κ1) is 15.7. The topological polar surface area (TPSA) is 49.4 Å². The smallest absolute Gasteiger partial charge is 0.251 e. The molecule has 114 valence electrons. The summed E-state index contributed by atoms with van der Waals surface area (Å²) in [6.07, 6.45) is 0. The van der Waals surface area contributed by atoms with Crippen molar-refractivity contribution in [1.29, 1.82) is 0 Å². The number of carbonyl (C=O) groups excluding carboxylic acids is 2. The van der Waals surface area contributed by atoms with E-state index in [9.17, 15) is 14.0 Å². The Morgan fingerprint density at radius 2 is 1.82 bits per heavy atom. The van der Waals surface area contributed by atoms with Crippen LogP contribution in [0.5, 0.6) is 0 Å². The van der Waals surface area contributed by atoms with Crippen LogP contribution in [0.15, 0.2) is 54.6 Å². The molecule has 22 heavy (non-hydrogen) atoms. The zero-order valence-electron chi connectivity index (χ0n) is 12.3. The highest BCUT2D eigenvalue weighted by Crippen LogP contribution is 2.12. The molecule has 0 unspecified atom stereocenters. The van der Waals surface area contributed by atoms with Gasteiger partial charge in [0.05, 0.1) is 0 Å². The molecule has 0 saturated carbocycles. The molecule has 2 rings (SSSR count). The van der Waals surface area contributed by atoms with Crippen LogP contribution >= 0.6 is 0 Å². The van der Waals surface area contributed by atoms with E-state index >= 15 is 0 Å². The van der Waals surface area contributed by atoms with Crippen LogP contribution in [-0.4, -0.2) is 24.9 Å². The minimum Gasteiger partial charge on any atom is -0.350 e. The molecule has 0 spiro atoms. The molecule has 5 heteroatoms. The van der Waals surface area contributed by atoms with Crippen molar-refractivity contribution < 1.29 is 14.0 Å². The molecule has 2 amide bonds. The summed E-state index contributed by atoms with van der Waals surface area (Å²) in [5, 5.41) is 2.68. The van der Waals surface area contributed by atoms with Gasteiger partial charge in [0, 0.05) is 31.3 Å². The maximum absolute atomic E-state index is 13.1. The van der Waals surface area contributed by atoms with Crippen molar-refractivity contribution in [2.45, 2.75) is 6.92 Å². The first-order valence-electron chi connectivity index (χ1n) is 6.95. The maximum atomic E-state index is 13.1. The fourth-order valence-corrected chi connectivity index (χ4v) is 2.09. The van der Waals surface area contributed by atoms with Crippen LogP contribution in [0.1, 0.15) is 17.3 Å². The lowest BCUT2D eigenvalue weighted by molar-refractivity contribution is -0.116. The van der Waals surface area contributed by atoms with Crippen molar-refractivity contribution in [3.8, 4) is 0 Å². The van der Waals surface area contributed by atoms with Crippen LogP contribution in [0.2, 0.25) is 0 Å². The molecule has 0 bridgehead atoms. The van der Waals surface area contributed by atoms with Crippen LogP contribution in [0.25, 0.3) is 0 Å². The predicted molar refractivity (Wildman–Crippen MR) is 83.2 cm³/mol. The zero-order valence-corrected chi connectivity index (χ0v) is 12.3. The molecule has 1 N–H and O–H groups in total. The lowest BCUT2D eigenvalue weighted by Gasteiger charge is -2.21. The molecule has 0 radical (unpaired) electrons. The summed E-state index contributed by atoms with van der Waals surface area (Å²) in [4.78, 5) is 25.2. The summed E-state index contributed by atoms with van der Waals surface area (Å²) < 4.78 is 13.1. The highest BCUT2D eigenvalue weighted by Gasteiger charge is 2.12. The first-order valence-corrected chi connectivity index (χ1v) is 6.95. The zero-order chi connectivity index (χ0) is 15.9. The average molecular weight is 300 g/mol. The van der Waals surface area contributed by atoms with Gasteiger partial charge in [-0.05, 0) is 30.3 Å². The second-order valence-electron chi connectivity index (χ2n) is 4.77. The molecule has 0 atom stereocenters. The van der Waals surface area contributed by atoms with E-state index in [2.05, 4.69) is 5.32 Å². The van der Waals surface area contributed by atoms with E-state index in [1.165, 1.54) is 25.1 Å². The Morgan fingerprint density at radius 3 is 2.45 bits per heavy atom. The van der Waals surface area contributed by atoms with Crippen molar-refractivity contribution in [3.63, 3.8) is 0 Å². The lowest BCUT2D eigenvalue weighted by Crippen LogP contribution is -2.37. The summed E-state index contributed by atoms with van der Waals surface area (Å²) in [6.45, 7) is 2.10. The minimum absolute atomic E-state index is 0.105. The van der Waals surface area contributed by atoms with Gasteiger partial charge in [0.1, 0.15) is 5.82 Å². The summed E-state index contributed by atoms with van der Waals surface area (Å²) >= 11 is 0. The summed E-state index contributed by atoms with van der Waals surface area (Å²) in [5.74, 6) is -0.926. The lowest BCUT2D eigenvalue weighted by atomic mass is 10.2. The second kappa shape index (κ2) is 7.36. The molecular weight excluding hydrogens is 283 g/mol. The van der Waals surface area contributed by atoms with Gasteiger partial charge in [-0.1, -0.05) is 24.3 Å². The number of anilines is 1. The second-order valence-corrected chi connectivity index (χ2v) is 4.77. The van der Waals surface area contributed by atoms with E-state index in [1.54, 1.807) is 11.0 Å². The van der Waals surface area contributed by atoms with Gasteiger partial charge < -0.3 is 10.2 Å². The maximum Gasteiger partial charge on any atom is 0.251 e. The molecule has 4 nitrogen and oxygen atoms in total. The molecule has 0 aliphatic rings. The van der Waals surface area contributed by atoms with E-state index in [0.717, 1.165) is 5.69 Å². The van der Waals surface area contributed by atoms with E-state index in [4.69, 9.17) is 0 Å². The largest absolute Gasteiger partial charge is 0.350 e. The van der Waals surface area contributed by atoms with Crippen molar-refractivity contribution in [1.82, 2.24) is 5.32 Å². The standard InChI is InChI=1S/C17H17FN2O2/c1-13(21)20(16-8-3-2-4-9-16)11-10-19-17(22)14-6-5-7-15(18)12-14/h2-9,12H,10-11H2,1H3,(H,19,22). The molecule has 0 aliphatic carbocycles. The van der Waals surface area contributed by atoms with Crippen molar-refractivity contribution in [2.24, 2.45) is 0 Å². The van der Waals surface area contributed by atoms with Gasteiger partial charge in [0.2, 0.25) is 5.91 Å². The van der Waals surface area contributed by atoms with E-state index < -0.39 is 5.82 Å². The van der Waals surface area contributed by atoms with Crippen LogP contribution in [0.4, 0.5) is 10.1 Å². The fraction of sp³-hybridized carbons (Fsp3) is 0.176. The third-order valence-electron chi connectivity index (χ3n) is 3.16. The fourth-order valence-electron chi connectivity index (χ4n) is 2.09. The predicted octanol–water partition coefficient (Wildman–Crippen LogP) is 2.61. The third-order valence-corrected chi connectivity index (χ3v) is 3.16. The Balaban J connectivity index is 1.94. The van der Waals surface area contributed by atoms with Crippen LogP contribution < -0.4 is 10.2 Å². The molecular formula is C17H17FN2O2. The van der Waals surface area contributed by atoms with Crippen molar-refractivity contribution in [2.75, 3.05) is 18.0 Å². The van der Waals surface area contributed by atoms with Gasteiger partial charge >= 0.3 is 0 Å². The summed E-state index contributed by atoms with van der Waals surface area (Å²) in [6, 6.07) is 14.7. The van der Waals surface area contributed by atoms with Crippen LogP contribution in [0, 0.1) is 5.82 Å². The molecule has 2 aromatic carbocycles. The number of benzene rings is 2. The minimum atomic E-state index is -0.456. The molecule has 0 aromatic heterocycles. The average Bonchev–Trinajstić information content (AvgIpc) is 2.52. The highest BCUT2D eigenvalue weighted by molar-refractivity contribution is 5.94. The number of rotatable bonds is 5. The number of hydrogen-bond donors (Lipinski definition) is 1. The number of carbonyl (C=O) groups is 2. The van der Waals surface area contributed by atoms with Gasteiger partial charge in [0.15, 0.2) is 0 Å². The van der Waals surface area contributed by atoms with Crippen LogP contribution in [0.3, 0.4) is 0 Å².